The van der Waals surface area contributed by atoms with E-state index in [0.29, 0.717) is 22.9 Å². The van der Waals surface area contributed by atoms with Gasteiger partial charge in [0.25, 0.3) is 17.0 Å². The Morgan fingerprint density at radius 1 is 1.14 bits per heavy atom. The molecule has 2 atom stereocenters. The van der Waals surface area contributed by atoms with Crippen molar-refractivity contribution < 1.29 is 8.83 Å². The van der Waals surface area contributed by atoms with Crippen LogP contribution in [0.25, 0.3) is 21.5 Å². The molecule has 28 heavy (non-hydrogen) atoms. The van der Waals surface area contributed by atoms with E-state index in [4.69, 9.17) is 8.83 Å². The Bertz CT molecular complexity index is 1080. The van der Waals surface area contributed by atoms with Crippen molar-refractivity contribution in [2.75, 3.05) is 0 Å². The van der Waals surface area contributed by atoms with Crippen molar-refractivity contribution >= 4 is 34.4 Å². The Labute approximate surface area is 174 Å². The summed E-state index contributed by atoms with van der Waals surface area (Å²) in [4.78, 5) is 3.48. The van der Waals surface area contributed by atoms with Crippen LogP contribution in [-0.4, -0.2) is 20.4 Å². The quantitative estimate of drug-likeness (QED) is 0.365. The third-order valence-electron chi connectivity index (χ3n) is 4.74. The van der Waals surface area contributed by atoms with Crippen LogP contribution < -0.4 is 0 Å². The van der Waals surface area contributed by atoms with Gasteiger partial charge in [-0.1, -0.05) is 24.8 Å². The Morgan fingerprint density at radius 3 is 2.86 bits per heavy atom. The van der Waals surface area contributed by atoms with Gasteiger partial charge in [-0.3, -0.25) is 0 Å². The Balaban J connectivity index is 1.30. The SMILES string of the molecule is C[C@H]1CCc2sc(-c3nnc(S[C@@H](C)c4nnc(-c5cccs5)o4)o3)cc2C1. The molecule has 9 heteroatoms. The van der Waals surface area contributed by atoms with Crippen molar-refractivity contribution in [3.63, 3.8) is 0 Å². The zero-order valence-electron chi connectivity index (χ0n) is 15.4. The summed E-state index contributed by atoms with van der Waals surface area (Å²) in [5.41, 5.74) is 1.44. The zero-order valence-corrected chi connectivity index (χ0v) is 17.9. The van der Waals surface area contributed by atoms with Crippen LogP contribution in [0.1, 0.15) is 41.8 Å². The second kappa shape index (κ2) is 7.46. The molecule has 0 fully saturated rings. The highest BCUT2D eigenvalue weighted by molar-refractivity contribution is 7.99. The highest BCUT2D eigenvalue weighted by atomic mass is 32.2. The van der Waals surface area contributed by atoms with Crippen molar-refractivity contribution in [3.05, 3.63) is 39.9 Å². The molecule has 6 nitrogen and oxygen atoms in total. The number of fused-ring (bicyclic) bond motifs is 1. The fourth-order valence-electron chi connectivity index (χ4n) is 3.27. The van der Waals surface area contributed by atoms with Crippen LogP contribution in [0.5, 0.6) is 0 Å². The summed E-state index contributed by atoms with van der Waals surface area (Å²) in [6, 6.07) is 6.14. The van der Waals surface area contributed by atoms with Gasteiger partial charge < -0.3 is 8.83 Å². The fraction of sp³-hybridized carbons (Fsp3) is 0.368. The van der Waals surface area contributed by atoms with E-state index in [1.165, 1.54) is 28.6 Å². The van der Waals surface area contributed by atoms with E-state index in [-0.39, 0.29) is 5.25 Å². The molecule has 5 rings (SSSR count). The molecule has 4 aromatic rings. The molecule has 4 aromatic heterocycles. The topological polar surface area (TPSA) is 77.8 Å². The van der Waals surface area contributed by atoms with Crippen LogP contribution in [0.15, 0.2) is 37.6 Å². The molecule has 0 spiro atoms. The van der Waals surface area contributed by atoms with E-state index >= 15 is 0 Å². The minimum atomic E-state index is -0.0769. The lowest BCUT2D eigenvalue weighted by atomic mass is 9.90. The first-order valence-electron chi connectivity index (χ1n) is 9.15. The van der Waals surface area contributed by atoms with E-state index < -0.39 is 0 Å². The third kappa shape index (κ3) is 3.54. The van der Waals surface area contributed by atoms with E-state index in [0.717, 1.165) is 28.5 Å². The molecule has 0 saturated carbocycles. The number of thioether (sulfide) groups is 1. The van der Waals surface area contributed by atoms with Crippen molar-refractivity contribution in [1.29, 1.82) is 0 Å². The number of nitrogens with zero attached hydrogens (tertiary/aromatic N) is 4. The average molecular weight is 431 g/mol. The highest BCUT2D eigenvalue weighted by Gasteiger charge is 2.23. The average Bonchev–Trinajstić information content (AvgIpc) is 3.45. The number of hydrogen-bond donors (Lipinski definition) is 0. The third-order valence-corrected chi connectivity index (χ3v) is 7.75. The maximum absolute atomic E-state index is 5.91. The predicted octanol–water partition coefficient (Wildman–Crippen LogP) is 5.89. The van der Waals surface area contributed by atoms with Gasteiger partial charge in [0, 0.05) is 4.88 Å². The Hall–Kier alpha value is -1.97. The summed E-state index contributed by atoms with van der Waals surface area (Å²) >= 11 is 4.78. The van der Waals surface area contributed by atoms with Crippen molar-refractivity contribution in [2.45, 2.75) is 43.6 Å². The van der Waals surface area contributed by atoms with Gasteiger partial charge in [0.15, 0.2) is 0 Å². The lowest BCUT2D eigenvalue weighted by molar-refractivity contribution is 0.462. The normalized spacial score (nSPS) is 17.6. The van der Waals surface area contributed by atoms with Crippen LogP contribution in [0.4, 0.5) is 0 Å². The summed E-state index contributed by atoms with van der Waals surface area (Å²) in [5, 5.41) is 19.2. The van der Waals surface area contributed by atoms with Crippen LogP contribution in [-0.2, 0) is 12.8 Å². The standard InChI is InChI=1S/C19H18N4O2S3/c1-10-5-6-13-12(8-10)9-15(28-13)18-22-23-19(25-18)27-11(2)16-20-21-17(24-16)14-4-3-7-26-14/h3-4,7,9-11H,5-6,8H2,1-2H3/t10-,11-/m0/s1. The van der Waals surface area contributed by atoms with Gasteiger partial charge in [0.2, 0.25) is 5.89 Å². The number of rotatable bonds is 5. The Morgan fingerprint density at radius 2 is 2.00 bits per heavy atom. The number of hydrogen-bond acceptors (Lipinski definition) is 9. The van der Waals surface area contributed by atoms with Gasteiger partial charge in [0.1, 0.15) is 0 Å². The fourth-order valence-corrected chi connectivity index (χ4v) is 5.76. The summed E-state index contributed by atoms with van der Waals surface area (Å²) < 4.78 is 11.7. The molecule has 144 valence electrons. The molecular formula is C19H18N4O2S3. The number of thiophene rings is 2. The van der Waals surface area contributed by atoms with Crippen molar-refractivity contribution in [2.24, 2.45) is 5.92 Å². The molecule has 0 bridgehead atoms. The molecule has 0 amide bonds. The van der Waals surface area contributed by atoms with E-state index in [2.05, 4.69) is 33.4 Å². The molecule has 1 aliphatic rings. The molecule has 0 N–H and O–H groups in total. The first kappa shape index (κ1) is 18.1. The minimum Gasteiger partial charge on any atom is -0.419 e. The second-order valence-electron chi connectivity index (χ2n) is 6.96. The van der Waals surface area contributed by atoms with E-state index in [1.807, 2.05) is 24.4 Å². The van der Waals surface area contributed by atoms with Gasteiger partial charge in [-0.15, -0.1) is 43.1 Å². The van der Waals surface area contributed by atoms with E-state index in [9.17, 15) is 0 Å². The minimum absolute atomic E-state index is 0.0769. The lowest BCUT2D eigenvalue weighted by Gasteiger charge is -2.16. The summed E-state index contributed by atoms with van der Waals surface area (Å²) in [6.07, 6.45) is 3.55. The molecule has 1 aliphatic carbocycles. The maximum Gasteiger partial charge on any atom is 0.277 e. The van der Waals surface area contributed by atoms with Crippen molar-refractivity contribution in [3.8, 4) is 21.5 Å². The molecular weight excluding hydrogens is 412 g/mol. The zero-order chi connectivity index (χ0) is 19.1. The highest BCUT2D eigenvalue weighted by Crippen LogP contribution is 2.39. The number of aromatic nitrogens is 4. The van der Waals surface area contributed by atoms with Gasteiger partial charge >= 0.3 is 0 Å². The van der Waals surface area contributed by atoms with Gasteiger partial charge in [-0.25, -0.2) is 0 Å². The molecule has 0 saturated heterocycles. The number of aryl methyl sites for hydroxylation is 1. The largest absolute Gasteiger partial charge is 0.419 e. The lowest BCUT2D eigenvalue weighted by Crippen LogP contribution is -2.07. The smallest absolute Gasteiger partial charge is 0.277 e. The Kier molecular flexibility index (Phi) is 4.82. The summed E-state index contributed by atoms with van der Waals surface area (Å²) in [7, 11) is 0. The maximum atomic E-state index is 5.91. The molecule has 4 heterocycles. The van der Waals surface area contributed by atoms with Crippen LogP contribution in [0.3, 0.4) is 0 Å². The monoisotopic (exact) mass is 430 g/mol. The molecule has 0 aliphatic heterocycles. The molecule has 0 unspecified atom stereocenters. The summed E-state index contributed by atoms with van der Waals surface area (Å²) in [6.45, 7) is 4.30. The van der Waals surface area contributed by atoms with Crippen LogP contribution >= 0.6 is 34.4 Å². The summed E-state index contributed by atoms with van der Waals surface area (Å²) in [5.74, 6) is 2.43. The van der Waals surface area contributed by atoms with Gasteiger partial charge in [-0.2, -0.15) is 0 Å². The van der Waals surface area contributed by atoms with Gasteiger partial charge in [0.05, 0.1) is 15.0 Å². The predicted molar refractivity (Wildman–Crippen MR) is 111 cm³/mol. The van der Waals surface area contributed by atoms with Gasteiger partial charge in [-0.05, 0) is 55.2 Å². The van der Waals surface area contributed by atoms with Crippen molar-refractivity contribution in [1.82, 2.24) is 20.4 Å². The second-order valence-corrected chi connectivity index (χ2v) is 10.3. The first-order chi connectivity index (χ1) is 13.7. The molecule has 0 radical (unpaired) electrons. The van der Waals surface area contributed by atoms with E-state index in [1.54, 1.807) is 22.7 Å². The first-order valence-corrected chi connectivity index (χ1v) is 11.7. The van der Waals surface area contributed by atoms with Crippen LogP contribution in [0.2, 0.25) is 0 Å². The molecule has 0 aromatic carbocycles. The van der Waals surface area contributed by atoms with Crippen LogP contribution in [0, 0.1) is 5.92 Å².